The molecule has 7 nitrogen and oxygen atoms in total. The number of aliphatic carboxylic acids is 1. The first-order valence-electron chi connectivity index (χ1n) is 6.28. The number of carboxylic acids is 1. The fraction of sp³-hybridized carbons (Fsp3) is 0.385. The number of likely N-dealkylation sites (tertiary alicyclic amines) is 1. The third-order valence-electron chi connectivity index (χ3n) is 3.50. The highest BCUT2D eigenvalue weighted by molar-refractivity contribution is 6.32. The number of β-amino-alcohol motifs (C(OH)–C–C–N with tert-alkyl or cyclic N) is 1. The molecule has 21 heavy (non-hydrogen) atoms. The largest absolute Gasteiger partial charge is 0.480 e. The van der Waals surface area contributed by atoms with Gasteiger partial charge in [-0.15, -0.1) is 0 Å². The van der Waals surface area contributed by atoms with Crippen LogP contribution >= 0.6 is 11.6 Å². The molecule has 0 spiro atoms. The van der Waals surface area contributed by atoms with Gasteiger partial charge in [0.05, 0.1) is 11.1 Å². The molecular formula is C13H12ClNO6. The van der Waals surface area contributed by atoms with Crippen molar-refractivity contribution in [1.82, 2.24) is 4.90 Å². The molecule has 0 saturated carbocycles. The number of carboxylic acid groups (broad SMARTS) is 1. The molecule has 1 aromatic carbocycles. The minimum absolute atomic E-state index is 0.0133. The average molecular weight is 314 g/mol. The number of aliphatic hydroxyl groups is 1. The summed E-state index contributed by atoms with van der Waals surface area (Å²) in [5.41, 5.74) is 0.199. The Morgan fingerprint density at radius 2 is 2.10 bits per heavy atom. The zero-order chi connectivity index (χ0) is 15.1. The molecule has 8 heteroatoms. The third-order valence-corrected chi connectivity index (χ3v) is 3.78. The molecule has 1 fully saturated rings. The highest BCUT2D eigenvalue weighted by Gasteiger charge is 2.39. The number of nitrogens with zero attached hydrogens (tertiary/aromatic N) is 1. The van der Waals surface area contributed by atoms with Crippen molar-refractivity contribution in [1.29, 1.82) is 0 Å². The maximum atomic E-state index is 12.5. The molecule has 2 heterocycles. The molecule has 2 aliphatic heterocycles. The van der Waals surface area contributed by atoms with E-state index in [4.69, 9.17) is 26.2 Å². The first kappa shape index (κ1) is 14.0. The van der Waals surface area contributed by atoms with Crippen LogP contribution in [0.15, 0.2) is 12.1 Å². The number of hydrogen-bond acceptors (Lipinski definition) is 5. The van der Waals surface area contributed by atoms with Gasteiger partial charge in [-0.2, -0.15) is 0 Å². The molecular weight excluding hydrogens is 302 g/mol. The van der Waals surface area contributed by atoms with Crippen LogP contribution in [0.25, 0.3) is 0 Å². The number of amides is 1. The molecule has 112 valence electrons. The second-order valence-corrected chi connectivity index (χ2v) is 5.30. The quantitative estimate of drug-likeness (QED) is 0.835. The lowest BCUT2D eigenvalue weighted by Crippen LogP contribution is -2.40. The standard InChI is InChI=1S/C13H12ClNO6/c14-8-1-6(2-10-11(8)21-5-20-10)12(17)15-4-7(16)3-9(15)13(18)19/h1-2,7,9,16H,3-5H2,(H,18,19)/t7-,9-/m1/s1. The third kappa shape index (κ3) is 2.38. The van der Waals surface area contributed by atoms with Crippen molar-refractivity contribution in [2.45, 2.75) is 18.6 Å². The summed E-state index contributed by atoms with van der Waals surface area (Å²) >= 11 is 6.01. The molecule has 1 amide bonds. The fourth-order valence-electron chi connectivity index (χ4n) is 2.53. The summed E-state index contributed by atoms with van der Waals surface area (Å²) < 4.78 is 10.3. The van der Waals surface area contributed by atoms with Crippen LogP contribution in [0.2, 0.25) is 5.02 Å². The van der Waals surface area contributed by atoms with E-state index in [-0.39, 0.29) is 30.3 Å². The summed E-state index contributed by atoms with van der Waals surface area (Å²) in [5.74, 6) is -0.951. The Morgan fingerprint density at radius 3 is 2.81 bits per heavy atom. The molecule has 3 rings (SSSR count). The van der Waals surface area contributed by atoms with Crippen LogP contribution in [0, 0.1) is 0 Å². The van der Waals surface area contributed by atoms with Crippen molar-refractivity contribution in [3.63, 3.8) is 0 Å². The first-order valence-corrected chi connectivity index (χ1v) is 6.66. The van der Waals surface area contributed by atoms with Crippen LogP contribution in [-0.4, -0.2) is 52.5 Å². The monoisotopic (exact) mass is 313 g/mol. The van der Waals surface area contributed by atoms with Crippen molar-refractivity contribution in [2.24, 2.45) is 0 Å². The second kappa shape index (κ2) is 5.09. The molecule has 1 saturated heterocycles. The minimum Gasteiger partial charge on any atom is -0.480 e. The topological polar surface area (TPSA) is 96.3 Å². The van der Waals surface area contributed by atoms with E-state index in [0.29, 0.717) is 11.5 Å². The highest BCUT2D eigenvalue weighted by Crippen LogP contribution is 2.40. The predicted octanol–water partition coefficient (Wildman–Crippen LogP) is 0.729. The van der Waals surface area contributed by atoms with E-state index in [1.54, 1.807) is 0 Å². The van der Waals surface area contributed by atoms with E-state index in [2.05, 4.69) is 0 Å². The lowest BCUT2D eigenvalue weighted by atomic mass is 10.1. The number of hydrogen-bond donors (Lipinski definition) is 2. The van der Waals surface area contributed by atoms with E-state index in [1.165, 1.54) is 12.1 Å². The van der Waals surface area contributed by atoms with Crippen molar-refractivity contribution >= 4 is 23.5 Å². The fourth-order valence-corrected chi connectivity index (χ4v) is 2.79. The Morgan fingerprint density at radius 1 is 1.33 bits per heavy atom. The van der Waals surface area contributed by atoms with Crippen LogP contribution in [-0.2, 0) is 4.79 Å². The van der Waals surface area contributed by atoms with Crippen LogP contribution < -0.4 is 9.47 Å². The molecule has 2 atom stereocenters. The number of carbonyl (C=O) groups excluding carboxylic acids is 1. The zero-order valence-corrected chi connectivity index (χ0v) is 11.5. The Balaban J connectivity index is 1.92. The lowest BCUT2D eigenvalue weighted by molar-refractivity contribution is -0.141. The highest BCUT2D eigenvalue weighted by atomic mass is 35.5. The molecule has 0 aliphatic carbocycles. The van der Waals surface area contributed by atoms with E-state index in [9.17, 15) is 14.7 Å². The van der Waals surface area contributed by atoms with Gasteiger partial charge >= 0.3 is 5.97 Å². The Bertz CT molecular complexity index is 619. The van der Waals surface area contributed by atoms with Crippen molar-refractivity contribution in [2.75, 3.05) is 13.3 Å². The van der Waals surface area contributed by atoms with Gasteiger partial charge in [0.15, 0.2) is 11.5 Å². The predicted molar refractivity (Wildman–Crippen MR) is 70.7 cm³/mol. The maximum Gasteiger partial charge on any atom is 0.326 e. The van der Waals surface area contributed by atoms with Gasteiger partial charge in [0.1, 0.15) is 6.04 Å². The van der Waals surface area contributed by atoms with Gasteiger partial charge in [0, 0.05) is 18.5 Å². The Labute approximate surface area is 124 Å². The Hall–Kier alpha value is -1.99. The van der Waals surface area contributed by atoms with Gasteiger partial charge in [0.25, 0.3) is 5.91 Å². The van der Waals surface area contributed by atoms with Gasteiger partial charge in [-0.05, 0) is 12.1 Å². The molecule has 0 radical (unpaired) electrons. The van der Waals surface area contributed by atoms with Gasteiger partial charge in [0.2, 0.25) is 6.79 Å². The van der Waals surface area contributed by atoms with E-state index >= 15 is 0 Å². The summed E-state index contributed by atoms with van der Waals surface area (Å²) in [6.45, 7) is -0.00522. The summed E-state index contributed by atoms with van der Waals surface area (Å²) in [7, 11) is 0. The summed E-state index contributed by atoms with van der Waals surface area (Å²) in [4.78, 5) is 24.8. The van der Waals surface area contributed by atoms with E-state index < -0.39 is 24.0 Å². The maximum absolute atomic E-state index is 12.5. The lowest BCUT2D eigenvalue weighted by Gasteiger charge is -2.21. The van der Waals surface area contributed by atoms with Gasteiger partial charge in [-0.3, -0.25) is 4.79 Å². The van der Waals surface area contributed by atoms with Crippen LogP contribution in [0.4, 0.5) is 0 Å². The number of aliphatic hydroxyl groups excluding tert-OH is 1. The van der Waals surface area contributed by atoms with Crippen molar-refractivity contribution < 1.29 is 29.3 Å². The van der Waals surface area contributed by atoms with Crippen LogP contribution in [0.5, 0.6) is 11.5 Å². The van der Waals surface area contributed by atoms with Crippen molar-refractivity contribution in [3.05, 3.63) is 22.7 Å². The SMILES string of the molecule is O=C(O)[C@H]1C[C@@H](O)CN1C(=O)c1cc(Cl)c2c(c1)OCO2. The van der Waals surface area contributed by atoms with Crippen LogP contribution in [0.3, 0.4) is 0 Å². The van der Waals surface area contributed by atoms with Crippen LogP contribution in [0.1, 0.15) is 16.8 Å². The first-order chi connectivity index (χ1) is 9.97. The van der Waals surface area contributed by atoms with Gasteiger partial charge < -0.3 is 24.6 Å². The van der Waals surface area contributed by atoms with E-state index in [1.807, 2.05) is 0 Å². The number of carbonyl (C=O) groups is 2. The summed E-state index contributed by atoms with van der Waals surface area (Å²) in [6, 6.07) is 1.82. The van der Waals surface area contributed by atoms with Gasteiger partial charge in [-0.1, -0.05) is 11.6 Å². The molecule has 0 bridgehead atoms. The molecule has 0 aromatic heterocycles. The second-order valence-electron chi connectivity index (χ2n) is 4.89. The van der Waals surface area contributed by atoms with Crippen molar-refractivity contribution in [3.8, 4) is 11.5 Å². The molecule has 1 aromatic rings. The number of benzene rings is 1. The number of rotatable bonds is 2. The smallest absolute Gasteiger partial charge is 0.326 e. The molecule has 2 N–H and O–H groups in total. The zero-order valence-electron chi connectivity index (χ0n) is 10.8. The molecule has 2 aliphatic rings. The minimum atomic E-state index is -1.15. The van der Waals surface area contributed by atoms with Gasteiger partial charge in [-0.25, -0.2) is 4.79 Å². The normalized spacial score (nSPS) is 23.4. The summed E-state index contributed by atoms with van der Waals surface area (Å²) in [6.07, 6.45) is -0.834. The Kier molecular flexibility index (Phi) is 3.38. The number of fused-ring (bicyclic) bond motifs is 1. The average Bonchev–Trinajstić information content (AvgIpc) is 3.04. The number of ether oxygens (including phenoxy) is 2. The number of halogens is 1. The van der Waals surface area contributed by atoms with E-state index in [0.717, 1.165) is 4.90 Å². The molecule has 0 unspecified atom stereocenters. The summed E-state index contributed by atoms with van der Waals surface area (Å²) in [5, 5.41) is 18.9.